The van der Waals surface area contributed by atoms with Crippen molar-refractivity contribution in [3.8, 4) is 22.6 Å². The highest BCUT2D eigenvalue weighted by Gasteiger charge is 2.31. The van der Waals surface area contributed by atoms with Crippen LogP contribution in [0.4, 0.5) is 13.2 Å². The molecule has 0 spiro atoms. The zero-order valence-corrected chi connectivity index (χ0v) is 13.2. The van der Waals surface area contributed by atoms with E-state index in [1.807, 2.05) is 53.8 Å². The van der Waals surface area contributed by atoms with E-state index in [9.17, 15) is 13.2 Å². The lowest BCUT2D eigenvalue weighted by Crippen LogP contribution is -2.17. The van der Waals surface area contributed by atoms with E-state index in [1.54, 1.807) is 6.07 Å². The maximum Gasteiger partial charge on any atom is 0.573 e. The predicted molar refractivity (Wildman–Crippen MR) is 82.4 cm³/mol. The highest BCUT2D eigenvalue weighted by molar-refractivity contribution is 14.1. The van der Waals surface area contributed by atoms with Gasteiger partial charge >= 0.3 is 6.36 Å². The van der Waals surface area contributed by atoms with Gasteiger partial charge in [-0.05, 0) is 71.0 Å². The molecule has 0 fully saturated rings. The van der Waals surface area contributed by atoms with Crippen molar-refractivity contribution >= 4 is 22.6 Å². The minimum atomic E-state index is -4.68. The summed E-state index contributed by atoms with van der Waals surface area (Å²) < 4.78 is 46.5. The molecule has 2 aromatic rings. The molecule has 0 N–H and O–H groups in total. The minimum absolute atomic E-state index is 0.221. The SMILES string of the molecule is CCOc1ccc(-c2ccc(OC(F)(F)F)cc2I)cc1. The molecule has 0 saturated carbocycles. The van der Waals surface area contributed by atoms with E-state index in [4.69, 9.17) is 4.74 Å². The molecule has 21 heavy (non-hydrogen) atoms. The molecular weight excluding hydrogens is 396 g/mol. The normalized spacial score (nSPS) is 11.3. The number of rotatable bonds is 4. The Kier molecular flexibility index (Phi) is 4.97. The number of hydrogen-bond acceptors (Lipinski definition) is 2. The molecule has 6 heteroatoms. The molecule has 0 bridgehead atoms. The van der Waals surface area contributed by atoms with E-state index in [1.165, 1.54) is 12.1 Å². The van der Waals surface area contributed by atoms with Crippen molar-refractivity contribution in [3.05, 3.63) is 46.0 Å². The standard InChI is InChI=1S/C15H12F3IO2/c1-2-20-11-5-3-10(4-6-11)13-8-7-12(9-14(13)19)21-15(16,17)18/h3-9H,2H2,1H3. The summed E-state index contributed by atoms with van der Waals surface area (Å²) in [5.41, 5.74) is 1.74. The van der Waals surface area contributed by atoms with E-state index in [0.717, 1.165) is 16.9 Å². The molecule has 0 amide bonds. The van der Waals surface area contributed by atoms with E-state index < -0.39 is 6.36 Å². The van der Waals surface area contributed by atoms with Gasteiger partial charge in [0, 0.05) is 3.57 Å². The topological polar surface area (TPSA) is 18.5 Å². The Morgan fingerprint density at radius 2 is 1.62 bits per heavy atom. The molecular formula is C15H12F3IO2. The Labute approximate surface area is 134 Å². The third kappa shape index (κ3) is 4.52. The number of benzene rings is 2. The Morgan fingerprint density at radius 3 is 2.14 bits per heavy atom. The van der Waals surface area contributed by atoms with Gasteiger partial charge in [-0.2, -0.15) is 0 Å². The van der Waals surface area contributed by atoms with Gasteiger partial charge in [0.25, 0.3) is 0 Å². The van der Waals surface area contributed by atoms with E-state index in [-0.39, 0.29) is 5.75 Å². The lowest BCUT2D eigenvalue weighted by atomic mass is 10.1. The van der Waals surface area contributed by atoms with Crippen molar-refractivity contribution in [2.24, 2.45) is 0 Å². The van der Waals surface area contributed by atoms with Gasteiger partial charge in [0.2, 0.25) is 0 Å². The fraction of sp³-hybridized carbons (Fsp3) is 0.200. The first-order chi connectivity index (χ1) is 9.89. The summed E-state index contributed by atoms with van der Waals surface area (Å²) in [7, 11) is 0. The largest absolute Gasteiger partial charge is 0.573 e. The summed E-state index contributed by atoms with van der Waals surface area (Å²) in [4.78, 5) is 0. The molecule has 0 aliphatic rings. The fourth-order valence-electron chi connectivity index (χ4n) is 1.82. The minimum Gasteiger partial charge on any atom is -0.494 e. The lowest BCUT2D eigenvalue weighted by molar-refractivity contribution is -0.274. The molecule has 0 heterocycles. The van der Waals surface area contributed by atoms with Crippen LogP contribution in [0, 0.1) is 3.57 Å². The number of ether oxygens (including phenoxy) is 2. The van der Waals surface area contributed by atoms with Gasteiger partial charge < -0.3 is 9.47 Å². The zero-order valence-electron chi connectivity index (χ0n) is 11.1. The number of hydrogen-bond donors (Lipinski definition) is 0. The maximum absolute atomic E-state index is 12.2. The summed E-state index contributed by atoms with van der Waals surface area (Å²) in [6, 6.07) is 11.7. The van der Waals surface area contributed by atoms with Crippen LogP contribution in [0.2, 0.25) is 0 Å². The highest BCUT2D eigenvalue weighted by atomic mass is 127. The Bertz CT molecular complexity index is 609. The summed E-state index contributed by atoms with van der Waals surface area (Å²) >= 11 is 1.99. The van der Waals surface area contributed by atoms with E-state index >= 15 is 0 Å². The van der Waals surface area contributed by atoms with Gasteiger partial charge in [-0.3, -0.25) is 0 Å². The van der Waals surface area contributed by atoms with Gasteiger partial charge in [0.05, 0.1) is 6.61 Å². The van der Waals surface area contributed by atoms with Crippen LogP contribution < -0.4 is 9.47 Å². The quantitative estimate of drug-likeness (QED) is 0.644. The molecule has 112 valence electrons. The third-order valence-electron chi connectivity index (χ3n) is 2.65. The van der Waals surface area contributed by atoms with Crippen molar-refractivity contribution in [1.29, 1.82) is 0 Å². The highest BCUT2D eigenvalue weighted by Crippen LogP contribution is 2.31. The van der Waals surface area contributed by atoms with Gasteiger partial charge in [0.1, 0.15) is 11.5 Å². The Hall–Kier alpha value is -1.44. The van der Waals surface area contributed by atoms with Gasteiger partial charge in [-0.1, -0.05) is 12.1 Å². The van der Waals surface area contributed by atoms with Crippen molar-refractivity contribution in [2.45, 2.75) is 13.3 Å². The Morgan fingerprint density at radius 1 is 1.00 bits per heavy atom. The molecule has 0 radical (unpaired) electrons. The molecule has 0 unspecified atom stereocenters. The second-order valence-electron chi connectivity index (χ2n) is 4.15. The van der Waals surface area contributed by atoms with Crippen LogP contribution in [0.5, 0.6) is 11.5 Å². The van der Waals surface area contributed by atoms with Crippen LogP contribution >= 0.6 is 22.6 Å². The van der Waals surface area contributed by atoms with E-state index in [0.29, 0.717) is 10.2 Å². The summed E-state index contributed by atoms with van der Waals surface area (Å²) in [6.45, 7) is 2.48. The van der Waals surface area contributed by atoms with E-state index in [2.05, 4.69) is 4.74 Å². The summed E-state index contributed by atoms with van der Waals surface area (Å²) in [6.07, 6.45) is -4.68. The van der Waals surface area contributed by atoms with Crippen LogP contribution in [0.25, 0.3) is 11.1 Å². The molecule has 2 rings (SSSR count). The first-order valence-corrected chi connectivity index (χ1v) is 7.25. The molecule has 0 atom stereocenters. The average Bonchev–Trinajstić information content (AvgIpc) is 2.39. The zero-order chi connectivity index (χ0) is 15.5. The number of alkyl halides is 3. The second kappa shape index (κ2) is 6.55. The smallest absolute Gasteiger partial charge is 0.494 e. The van der Waals surface area contributed by atoms with Crippen molar-refractivity contribution in [2.75, 3.05) is 6.61 Å². The van der Waals surface area contributed by atoms with Gasteiger partial charge in [-0.25, -0.2) is 0 Å². The molecule has 2 aromatic carbocycles. The molecule has 0 aliphatic carbocycles. The van der Waals surface area contributed by atoms with Crippen LogP contribution in [0.1, 0.15) is 6.92 Å². The molecule has 0 saturated heterocycles. The third-order valence-corrected chi connectivity index (χ3v) is 3.54. The van der Waals surface area contributed by atoms with Crippen molar-refractivity contribution in [3.63, 3.8) is 0 Å². The summed E-state index contributed by atoms with van der Waals surface area (Å²) in [5, 5.41) is 0. The van der Waals surface area contributed by atoms with Crippen LogP contribution in [0.15, 0.2) is 42.5 Å². The molecule has 0 aromatic heterocycles. The van der Waals surface area contributed by atoms with Crippen LogP contribution in [-0.4, -0.2) is 13.0 Å². The van der Waals surface area contributed by atoms with Crippen LogP contribution in [0.3, 0.4) is 0 Å². The first-order valence-electron chi connectivity index (χ1n) is 6.17. The fourth-order valence-corrected chi connectivity index (χ4v) is 2.62. The van der Waals surface area contributed by atoms with Gasteiger partial charge in [-0.15, -0.1) is 13.2 Å². The average molecular weight is 408 g/mol. The maximum atomic E-state index is 12.2. The Balaban J connectivity index is 2.24. The van der Waals surface area contributed by atoms with Crippen LogP contribution in [-0.2, 0) is 0 Å². The second-order valence-corrected chi connectivity index (χ2v) is 5.31. The lowest BCUT2D eigenvalue weighted by Gasteiger charge is -2.11. The molecule has 2 nitrogen and oxygen atoms in total. The summed E-state index contributed by atoms with van der Waals surface area (Å²) in [5.74, 6) is 0.537. The predicted octanol–water partition coefficient (Wildman–Crippen LogP) is 5.26. The monoisotopic (exact) mass is 408 g/mol. The van der Waals surface area contributed by atoms with Crippen molar-refractivity contribution < 1.29 is 22.6 Å². The van der Waals surface area contributed by atoms with Gasteiger partial charge in [0.15, 0.2) is 0 Å². The molecule has 0 aliphatic heterocycles. The number of halogens is 4. The van der Waals surface area contributed by atoms with Crippen molar-refractivity contribution in [1.82, 2.24) is 0 Å². The first kappa shape index (κ1) is 15.9.